The Kier molecular flexibility index (Phi) is 3.86. The lowest BCUT2D eigenvalue weighted by Gasteiger charge is -2.11. The first-order valence-electron chi connectivity index (χ1n) is 4.99. The number of benzene rings is 1. The zero-order valence-electron chi connectivity index (χ0n) is 9.34. The van der Waals surface area contributed by atoms with Crippen LogP contribution in [0.25, 0.3) is 0 Å². The van der Waals surface area contributed by atoms with Gasteiger partial charge in [0.2, 0.25) is 5.28 Å². The Morgan fingerprint density at radius 1 is 1.39 bits per heavy atom. The molecule has 7 heteroatoms. The van der Waals surface area contributed by atoms with Crippen LogP contribution in [-0.2, 0) is 0 Å². The molecule has 2 aromatic rings. The number of hydrogen-bond acceptors (Lipinski definition) is 4. The third-order valence-corrected chi connectivity index (χ3v) is 3.58. The van der Waals surface area contributed by atoms with Gasteiger partial charge < -0.3 is 11.1 Å². The minimum absolute atomic E-state index is 0.0932. The standard InChI is InChI=1S/C11H9ClFIN4/c1-5-9(15)10(18-11(12)16-5)17-7-4-2-3-6(13)8(7)14/h2-4H,15H2,1H3,(H,16,17,18). The highest BCUT2D eigenvalue weighted by molar-refractivity contribution is 14.1. The Hall–Kier alpha value is -1.15. The third kappa shape index (κ3) is 2.64. The highest BCUT2D eigenvalue weighted by Crippen LogP contribution is 2.28. The van der Waals surface area contributed by atoms with Crippen molar-refractivity contribution in [3.05, 3.63) is 38.6 Å². The molecule has 0 aliphatic heterocycles. The van der Waals surface area contributed by atoms with Crippen molar-refractivity contribution in [2.24, 2.45) is 0 Å². The van der Waals surface area contributed by atoms with Gasteiger partial charge in [-0.25, -0.2) is 9.37 Å². The van der Waals surface area contributed by atoms with Crippen LogP contribution < -0.4 is 11.1 Å². The normalized spacial score (nSPS) is 10.4. The zero-order valence-corrected chi connectivity index (χ0v) is 12.3. The minimum Gasteiger partial charge on any atom is -0.394 e. The van der Waals surface area contributed by atoms with Crippen LogP contribution in [0.15, 0.2) is 18.2 Å². The van der Waals surface area contributed by atoms with Crippen LogP contribution in [0.1, 0.15) is 5.69 Å². The Labute approximate surface area is 122 Å². The molecule has 94 valence electrons. The van der Waals surface area contributed by atoms with E-state index in [2.05, 4.69) is 15.3 Å². The first-order valence-corrected chi connectivity index (χ1v) is 6.45. The van der Waals surface area contributed by atoms with Gasteiger partial charge >= 0.3 is 0 Å². The number of nitrogens with zero attached hydrogens (tertiary/aromatic N) is 2. The summed E-state index contributed by atoms with van der Waals surface area (Å²) in [6.07, 6.45) is 0. The number of nitrogens with two attached hydrogens (primary N) is 1. The van der Waals surface area contributed by atoms with Crippen LogP contribution in [0.2, 0.25) is 5.28 Å². The molecule has 18 heavy (non-hydrogen) atoms. The van der Waals surface area contributed by atoms with Crippen LogP contribution in [0.5, 0.6) is 0 Å². The molecule has 1 aromatic carbocycles. The molecule has 0 radical (unpaired) electrons. The summed E-state index contributed by atoms with van der Waals surface area (Å²) in [5.41, 5.74) is 7.39. The van der Waals surface area contributed by atoms with Crippen LogP contribution in [0.3, 0.4) is 0 Å². The summed E-state index contributed by atoms with van der Waals surface area (Å²) in [5, 5.41) is 3.05. The van der Waals surface area contributed by atoms with Gasteiger partial charge in [-0.3, -0.25) is 0 Å². The summed E-state index contributed by atoms with van der Waals surface area (Å²) < 4.78 is 13.9. The summed E-state index contributed by atoms with van der Waals surface area (Å²) >= 11 is 7.67. The number of rotatable bonds is 2. The third-order valence-electron chi connectivity index (χ3n) is 2.31. The second-order valence-electron chi connectivity index (χ2n) is 3.57. The fourth-order valence-electron chi connectivity index (χ4n) is 1.37. The molecule has 3 N–H and O–H groups in total. The van der Waals surface area contributed by atoms with Crippen molar-refractivity contribution in [2.75, 3.05) is 11.1 Å². The molecule has 0 bridgehead atoms. The maximum absolute atomic E-state index is 13.4. The molecule has 4 nitrogen and oxygen atoms in total. The molecule has 0 aliphatic rings. The van der Waals surface area contributed by atoms with Crippen LogP contribution >= 0.6 is 34.2 Å². The molecule has 0 amide bonds. The van der Waals surface area contributed by atoms with Crippen molar-refractivity contribution in [2.45, 2.75) is 6.92 Å². The second-order valence-corrected chi connectivity index (χ2v) is 4.98. The summed E-state index contributed by atoms with van der Waals surface area (Å²) in [6, 6.07) is 4.72. The molecule has 0 saturated carbocycles. The van der Waals surface area contributed by atoms with Crippen molar-refractivity contribution in [3.8, 4) is 0 Å². The van der Waals surface area contributed by atoms with Crippen molar-refractivity contribution < 1.29 is 4.39 Å². The molecule has 0 saturated heterocycles. The number of nitrogens with one attached hydrogen (secondary N) is 1. The Balaban J connectivity index is 2.43. The highest BCUT2D eigenvalue weighted by atomic mass is 127. The van der Waals surface area contributed by atoms with E-state index in [1.807, 2.05) is 22.6 Å². The first-order chi connectivity index (χ1) is 8.49. The Morgan fingerprint density at radius 2 is 2.11 bits per heavy atom. The summed E-state index contributed by atoms with van der Waals surface area (Å²) in [5.74, 6) is 0.0621. The van der Waals surface area contributed by atoms with E-state index in [-0.39, 0.29) is 11.1 Å². The van der Waals surface area contributed by atoms with Gasteiger partial charge in [0.05, 0.1) is 20.6 Å². The van der Waals surface area contributed by atoms with E-state index < -0.39 is 0 Å². The van der Waals surface area contributed by atoms with Gasteiger partial charge in [0.25, 0.3) is 0 Å². The maximum atomic E-state index is 13.4. The smallest absolute Gasteiger partial charge is 0.224 e. The van der Waals surface area contributed by atoms with Gasteiger partial charge in [0.15, 0.2) is 5.82 Å². The fourth-order valence-corrected chi connectivity index (χ4v) is 2.08. The van der Waals surface area contributed by atoms with Gasteiger partial charge in [-0.1, -0.05) is 6.07 Å². The van der Waals surface area contributed by atoms with E-state index in [0.717, 1.165) is 0 Å². The van der Waals surface area contributed by atoms with E-state index in [4.69, 9.17) is 17.3 Å². The number of aromatic nitrogens is 2. The summed E-state index contributed by atoms with van der Waals surface area (Å²) in [7, 11) is 0. The quantitative estimate of drug-likeness (QED) is 0.620. The van der Waals surface area contributed by atoms with E-state index in [0.29, 0.717) is 26.5 Å². The van der Waals surface area contributed by atoms with E-state index in [1.54, 1.807) is 19.1 Å². The van der Waals surface area contributed by atoms with Crippen LogP contribution in [0, 0.1) is 16.3 Å². The number of anilines is 3. The topological polar surface area (TPSA) is 63.8 Å². The molecular weight excluding hydrogens is 370 g/mol. The van der Waals surface area contributed by atoms with E-state index in [9.17, 15) is 4.39 Å². The van der Waals surface area contributed by atoms with E-state index >= 15 is 0 Å². The zero-order chi connectivity index (χ0) is 13.3. The van der Waals surface area contributed by atoms with Crippen molar-refractivity contribution in [1.29, 1.82) is 0 Å². The SMILES string of the molecule is Cc1nc(Cl)nc(Nc2cccc(F)c2I)c1N. The predicted octanol–water partition coefficient (Wildman–Crippen LogP) is 3.51. The monoisotopic (exact) mass is 378 g/mol. The lowest BCUT2D eigenvalue weighted by Crippen LogP contribution is -2.05. The largest absolute Gasteiger partial charge is 0.394 e. The average Bonchev–Trinajstić information content (AvgIpc) is 2.31. The molecule has 1 aromatic heterocycles. The lowest BCUT2D eigenvalue weighted by molar-refractivity contribution is 0.621. The summed E-state index contributed by atoms with van der Waals surface area (Å²) in [4.78, 5) is 7.92. The fraction of sp³-hybridized carbons (Fsp3) is 0.0909. The van der Waals surface area contributed by atoms with Gasteiger partial charge in [0, 0.05) is 0 Å². The van der Waals surface area contributed by atoms with Crippen LogP contribution in [-0.4, -0.2) is 9.97 Å². The second kappa shape index (κ2) is 5.23. The van der Waals surface area contributed by atoms with Crippen molar-refractivity contribution >= 4 is 51.4 Å². The number of hydrogen-bond donors (Lipinski definition) is 2. The number of nitrogen functional groups attached to an aromatic ring is 1. The minimum atomic E-state index is -0.309. The maximum Gasteiger partial charge on any atom is 0.224 e. The Bertz CT molecular complexity index is 606. The number of halogens is 3. The lowest BCUT2D eigenvalue weighted by atomic mass is 10.3. The number of aryl methyl sites for hydroxylation is 1. The molecule has 1 heterocycles. The summed E-state index contributed by atoms with van der Waals surface area (Å²) in [6.45, 7) is 1.73. The van der Waals surface area contributed by atoms with Gasteiger partial charge in [-0.15, -0.1) is 0 Å². The molecule has 2 rings (SSSR count). The van der Waals surface area contributed by atoms with Gasteiger partial charge in [-0.2, -0.15) is 4.98 Å². The molecule has 0 atom stereocenters. The van der Waals surface area contributed by atoms with Gasteiger partial charge in [0.1, 0.15) is 5.82 Å². The Morgan fingerprint density at radius 3 is 2.83 bits per heavy atom. The first kappa shape index (κ1) is 13.3. The molecule has 0 unspecified atom stereocenters. The predicted molar refractivity (Wildman–Crippen MR) is 78.6 cm³/mol. The molecule has 0 aliphatic carbocycles. The van der Waals surface area contributed by atoms with E-state index in [1.165, 1.54) is 6.07 Å². The van der Waals surface area contributed by atoms with Crippen molar-refractivity contribution in [1.82, 2.24) is 9.97 Å². The molecule has 0 fully saturated rings. The van der Waals surface area contributed by atoms with Crippen LogP contribution in [0.4, 0.5) is 21.6 Å². The van der Waals surface area contributed by atoms with Gasteiger partial charge in [-0.05, 0) is 53.2 Å². The highest BCUT2D eigenvalue weighted by Gasteiger charge is 2.11. The molecule has 0 spiro atoms. The average molecular weight is 379 g/mol. The van der Waals surface area contributed by atoms with Crippen molar-refractivity contribution in [3.63, 3.8) is 0 Å². The molecular formula is C11H9ClFIN4.